The van der Waals surface area contributed by atoms with E-state index in [1.54, 1.807) is 0 Å². The van der Waals surface area contributed by atoms with Crippen LogP contribution in [-0.2, 0) is 10.9 Å². The summed E-state index contributed by atoms with van der Waals surface area (Å²) < 4.78 is 57.2. The van der Waals surface area contributed by atoms with Gasteiger partial charge < -0.3 is 10.5 Å². The van der Waals surface area contributed by atoms with E-state index < -0.39 is 23.6 Å². The summed E-state index contributed by atoms with van der Waals surface area (Å²) in [6.45, 7) is 1.21. The normalized spacial score (nSPS) is 19.1. The molecule has 112 valence electrons. The third-order valence-corrected chi connectivity index (χ3v) is 3.65. The van der Waals surface area contributed by atoms with Gasteiger partial charge >= 0.3 is 6.18 Å². The van der Waals surface area contributed by atoms with E-state index in [0.717, 1.165) is 31.0 Å². The molecule has 0 aliphatic carbocycles. The van der Waals surface area contributed by atoms with Gasteiger partial charge in [-0.3, -0.25) is 0 Å². The van der Waals surface area contributed by atoms with Gasteiger partial charge in [-0.05, 0) is 48.9 Å². The third-order valence-electron chi connectivity index (χ3n) is 3.65. The fourth-order valence-corrected chi connectivity index (χ4v) is 2.57. The number of hydrogen-bond acceptors (Lipinski definition) is 2. The van der Waals surface area contributed by atoms with Crippen molar-refractivity contribution in [3.8, 4) is 0 Å². The Morgan fingerprint density at radius 1 is 1.25 bits per heavy atom. The monoisotopic (exact) mass is 291 g/mol. The molecule has 1 aliphatic heterocycles. The SMILES string of the molecule is NC(CC1CCOCC1)c1cc(F)ccc1C(F)(F)F. The minimum atomic E-state index is -4.52. The molecule has 2 nitrogen and oxygen atoms in total. The van der Waals surface area contributed by atoms with Gasteiger partial charge in [-0.15, -0.1) is 0 Å². The molecular weight excluding hydrogens is 274 g/mol. The number of alkyl halides is 3. The molecule has 0 radical (unpaired) electrons. The zero-order chi connectivity index (χ0) is 14.8. The maximum Gasteiger partial charge on any atom is 0.416 e. The molecule has 6 heteroatoms. The fraction of sp³-hybridized carbons (Fsp3) is 0.571. The molecule has 0 aromatic heterocycles. The van der Waals surface area contributed by atoms with Crippen molar-refractivity contribution in [1.82, 2.24) is 0 Å². The van der Waals surface area contributed by atoms with Gasteiger partial charge in [-0.1, -0.05) is 0 Å². The van der Waals surface area contributed by atoms with E-state index in [4.69, 9.17) is 10.5 Å². The van der Waals surface area contributed by atoms with Gasteiger partial charge in [0.25, 0.3) is 0 Å². The minimum Gasteiger partial charge on any atom is -0.381 e. The second-order valence-electron chi connectivity index (χ2n) is 5.13. The average molecular weight is 291 g/mol. The first-order valence-electron chi connectivity index (χ1n) is 6.58. The fourth-order valence-electron chi connectivity index (χ4n) is 2.57. The van der Waals surface area contributed by atoms with E-state index in [1.807, 2.05) is 0 Å². The molecule has 1 atom stereocenters. The van der Waals surface area contributed by atoms with Crippen LogP contribution in [0.2, 0.25) is 0 Å². The van der Waals surface area contributed by atoms with E-state index >= 15 is 0 Å². The summed E-state index contributed by atoms with van der Waals surface area (Å²) in [7, 11) is 0. The molecular formula is C14H17F4NO. The first-order chi connectivity index (χ1) is 9.38. The molecule has 0 spiro atoms. The Morgan fingerprint density at radius 3 is 2.50 bits per heavy atom. The van der Waals surface area contributed by atoms with E-state index in [2.05, 4.69) is 0 Å². The Hall–Kier alpha value is -1.14. The highest BCUT2D eigenvalue weighted by molar-refractivity contribution is 5.33. The van der Waals surface area contributed by atoms with E-state index in [0.29, 0.717) is 19.6 Å². The lowest BCUT2D eigenvalue weighted by Crippen LogP contribution is -2.23. The van der Waals surface area contributed by atoms with Gasteiger partial charge in [0.1, 0.15) is 5.82 Å². The van der Waals surface area contributed by atoms with Crippen molar-refractivity contribution in [2.75, 3.05) is 13.2 Å². The molecule has 1 unspecified atom stereocenters. The van der Waals surface area contributed by atoms with Crippen LogP contribution in [0.25, 0.3) is 0 Å². The third kappa shape index (κ3) is 3.70. The topological polar surface area (TPSA) is 35.2 Å². The summed E-state index contributed by atoms with van der Waals surface area (Å²) in [4.78, 5) is 0. The lowest BCUT2D eigenvalue weighted by atomic mass is 9.88. The summed E-state index contributed by atoms with van der Waals surface area (Å²) in [5.74, 6) is -0.474. The van der Waals surface area contributed by atoms with Crippen LogP contribution in [0, 0.1) is 11.7 Å². The van der Waals surface area contributed by atoms with Crippen molar-refractivity contribution in [1.29, 1.82) is 0 Å². The highest BCUT2D eigenvalue weighted by atomic mass is 19.4. The highest BCUT2D eigenvalue weighted by Gasteiger charge is 2.35. The van der Waals surface area contributed by atoms with Crippen LogP contribution in [0.4, 0.5) is 17.6 Å². The van der Waals surface area contributed by atoms with Crippen molar-refractivity contribution < 1.29 is 22.3 Å². The molecule has 1 fully saturated rings. The number of ether oxygens (including phenoxy) is 1. The van der Waals surface area contributed by atoms with Crippen LogP contribution in [0.1, 0.15) is 36.4 Å². The van der Waals surface area contributed by atoms with Gasteiger partial charge in [-0.25, -0.2) is 4.39 Å². The molecule has 1 aromatic carbocycles. The Bertz CT molecular complexity index is 455. The summed E-state index contributed by atoms with van der Waals surface area (Å²) in [6, 6.07) is 1.65. The number of nitrogens with two attached hydrogens (primary N) is 1. The number of hydrogen-bond donors (Lipinski definition) is 1. The van der Waals surface area contributed by atoms with Crippen LogP contribution in [0.5, 0.6) is 0 Å². The van der Waals surface area contributed by atoms with Crippen LogP contribution < -0.4 is 5.73 Å². The zero-order valence-electron chi connectivity index (χ0n) is 10.9. The molecule has 1 heterocycles. The van der Waals surface area contributed by atoms with Crippen molar-refractivity contribution in [3.63, 3.8) is 0 Å². The molecule has 0 bridgehead atoms. The van der Waals surface area contributed by atoms with Crippen molar-refractivity contribution in [3.05, 3.63) is 35.1 Å². The molecule has 2 rings (SSSR count). The van der Waals surface area contributed by atoms with Crippen molar-refractivity contribution >= 4 is 0 Å². The summed E-state index contributed by atoms with van der Waals surface area (Å²) in [6.07, 6.45) is -2.54. The quantitative estimate of drug-likeness (QED) is 0.863. The maximum atomic E-state index is 13.2. The molecule has 1 aromatic rings. The maximum absolute atomic E-state index is 13.2. The molecule has 20 heavy (non-hydrogen) atoms. The summed E-state index contributed by atoms with van der Waals surface area (Å²) in [5.41, 5.74) is 4.87. The van der Waals surface area contributed by atoms with Crippen LogP contribution in [-0.4, -0.2) is 13.2 Å². The van der Waals surface area contributed by atoms with Crippen LogP contribution in [0.3, 0.4) is 0 Å². The average Bonchev–Trinajstić information content (AvgIpc) is 2.38. The van der Waals surface area contributed by atoms with Gasteiger partial charge in [-0.2, -0.15) is 13.2 Å². The minimum absolute atomic E-state index is 0.163. The van der Waals surface area contributed by atoms with Crippen molar-refractivity contribution in [2.45, 2.75) is 31.5 Å². The lowest BCUT2D eigenvalue weighted by molar-refractivity contribution is -0.138. The predicted octanol–water partition coefficient (Wildman–Crippen LogP) is 3.66. The number of benzene rings is 1. The largest absolute Gasteiger partial charge is 0.416 e. The standard InChI is InChI=1S/C14H17F4NO/c15-10-1-2-12(14(16,17)18)11(8-10)13(19)7-9-3-5-20-6-4-9/h1-2,8-9,13H,3-7,19H2. The zero-order valence-corrected chi connectivity index (χ0v) is 10.9. The second kappa shape index (κ2) is 6.10. The lowest BCUT2D eigenvalue weighted by Gasteiger charge is -2.26. The summed E-state index contributed by atoms with van der Waals surface area (Å²) in [5, 5.41) is 0. The summed E-state index contributed by atoms with van der Waals surface area (Å²) >= 11 is 0. The number of rotatable bonds is 3. The molecule has 0 saturated carbocycles. The van der Waals surface area contributed by atoms with Gasteiger partial charge in [0, 0.05) is 19.3 Å². The van der Waals surface area contributed by atoms with E-state index in [1.165, 1.54) is 0 Å². The van der Waals surface area contributed by atoms with Crippen LogP contribution in [0.15, 0.2) is 18.2 Å². The van der Waals surface area contributed by atoms with Crippen LogP contribution >= 0.6 is 0 Å². The first kappa shape index (κ1) is 15.3. The predicted molar refractivity (Wildman–Crippen MR) is 66.5 cm³/mol. The molecule has 2 N–H and O–H groups in total. The second-order valence-corrected chi connectivity index (χ2v) is 5.13. The Balaban J connectivity index is 2.19. The van der Waals surface area contributed by atoms with Gasteiger partial charge in [0.2, 0.25) is 0 Å². The van der Waals surface area contributed by atoms with E-state index in [9.17, 15) is 17.6 Å². The first-order valence-corrected chi connectivity index (χ1v) is 6.58. The molecule has 0 amide bonds. The molecule has 1 aliphatic rings. The van der Waals surface area contributed by atoms with Gasteiger partial charge in [0.05, 0.1) is 5.56 Å². The highest BCUT2D eigenvalue weighted by Crippen LogP contribution is 2.36. The molecule has 1 saturated heterocycles. The van der Waals surface area contributed by atoms with Crippen molar-refractivity contribution in [2.24, 2.45) is 11.7 Å². The smallest absolute Gasteiger partial charge is 0.381 e. The van der Waals surface area contributed by atoms with E-state index in [-0.39, 0.29) is 11.5 Å². The Kier molecular flexibility index (Phi) is 4.65. The Morgan fingerprint density at radius 2 is 1.90 bits per heavy atom. The number of halogens is 4. The van der Waals surface area contributed by atoms with Gasteiger partial charge in [0.15, 0.2) is 0 Å². The Labute approximate surface area is 114 Å².